The molecule has 1 aliphatic heterocycles. The highest BCUT2D eigenvalue weighted by atomic mass is 16.4. The zero-order valence-electron chi connectivity index (χ0n) is 13.5. The number of carboxylic acids is 1. The maximum absolute atomic E-state index is 12.2. The number of hydrogen-bond donors (Lipinski definition) is 3. The Balaban J connectivity index is 1.59. The van der Waals surface area contributed by atoms with Crippen LogP contribution >= 0.6 is 0 Å². The van der Waals surface area contributed by atoms with E-state index in [1.165, 1.54) is 18.9 Å². The lowest BCUT2D eigenvalue weighted by molar-refractivity contribution is -0.138. The van der Waals surface area contributed by atoms with E-state index in [-0.39, 0.29) is 35.7 Å². The molecule has 3 rings (SSSR count). The molecule has 1 aliphatic carbocycles. The number of carbonyl (C=O) groups is 2. The zero-order chi connectivity index (χ0) is 17.1. The van der Waals surface area contributed by atoms with Crippen molar-refractivity contribution in [3.63, 3.8) is 0 Å². The Morgan fingerprint density at radius 1 is 1.21 bits per heavy atom. The minimum Gasteiger partial charge on any atom is -0.481 e. The van der Waals surface area contributed by atoms with Gasteiger partial charge in [-0.05, 0) is 37.7 Å². The predicted molar refractivity (Wildman–Crippen MR) is 87.9 cm³/mol. The minimum atomic E-state index is -0.771. The highest BCUT2D eigenvalue weighted by molar-refractivity contribution is 5.92. The molecule has 7 heteroatoms. The number of likely N-dealkylation sites (tertiary alicyclic amines) is 1. The fraction of sp³-hybridized carbons (Fsp3) is 0.588. The van der Waals surface area contributed by atoms with E-state index in [0.717, 1.165) is 19.4 Å². The number of aliphatic carboxylic acids is 1. The first-order chi connectivity index (χ1) is 11.5. The quantitative estimate of drug-likeness (QED) is 0.686. The van der Waals surface area contributed by atoms with E-state index >= 15 is 0 Å². The number of aromatic amines is 1. The Morgan fingerprint density at radius 2 is 1.96 bits per heavy atom. The molecule has 1 aromatic rings. The smallest absolute Gasteiger partial charge is 0.304 e. The summed E-state index contributed by atoms with van der Waals surface area (Å²) in [6.45, 7) is 1.39. The van der Waals surface area contributed by atoms with E-state index in [1.54, 1.807) is 12.1 Å². The summed E-state index contributed by atoms with van der Waals surface area (Å²) in [7, 11) is 0. The average molecular weight is 333 g/mol. The minimum absolute atomic E-state index is 0.0570. The maximum atomic E-state index is 12.2. The molecule has 1 saturated heterocycles. The number of H-pyrrole nitrogens is 1. The van der Waals surface area contributed by atoms with E-state index in [2.05, 4.69) is 15.2 Å². The van der Waals surface area contributed by atoms with Crippen molar-refractivity contribution in [3.05, 3.63) is 34.2 Å². The molecule has 2 aliphatic rings. The third-order valence-corrected chi connectivity index (χ3v) is 4.86. The molecule has 3 N–H and O–H groups in total. The predicted octanol–water partition coefficient (Wildman–Crippen LogP) is 0.822. The Bertz CT molecular complexity index is 668. The van der Waals surface area contributed by atoms with Crippen LogP contribution in [0.3, 0.4) is 0 Å². The number of aromatic nitrogens is 1. The van der Waals surface area contributed by atoms with E-state index < -0.39 is 5.97 Å². The molecule has 1 aromatic heterocycles. The number of nitrogens with one attached hydrogen (secondary N) is 2. The van der Waals surface area contributed by atoms with Gasteiger partial charge in [0.1, 0.15) is 5.69 Å². The molecule has 2 fully saturated rings. The van der Waals surface area contributed by atoms with Crippen LogP contribution in [0, 0.1) is 5.92 Å². The number of carbonyl (C=O) groups excluding carboxylic acids is 1. The van der Waals surface area contributed by atoms with Gasteiger partial charge in [0.2, 0.25) is 5.56 Å². The first-order valence-corrected chi connectivity index (χ1v) is 8.48. The van der Waals surface area contributed by atoms with Gasteiger partial charge in [-0.2, -0.15) is 0 Å². The molecular formula is C17H23N3O4. The summed E-state index contributed by atoms with van der Waals surface area (Å²) in [5.41, 5.74) is -0.0586. The van der Waals surface area contributed by atoms with Gasteiger partial charge >= 0.3 is 5.97 Å². The van der Waals surface area contributed by atoms with Crippen LogP contribution in [0.25, 0.3) is 0 Å². The van der Waals surface area contributed by atoms with E-state index in [1.807, 2.05) is 0 Å². The molecule has 0 bridgehead atoms. The van der Waals surface area contributed by atoms with E-state index in [9.17, 15) is 14.4 Å². The van der Waals surface area contributed by atoms with Crippen molar-refractivity contribution in [1.29, 1.82) is 0 Å². The summed E-state index contributed by atoms with van der Waals surface area (Å²) in [5.74, 6) is -0.406. The van der Waals surface area contributed by atoms with Gasteiger partial charge in [-0.25, -0.2) is 0 Å². The fourth-order valence-electron chi connectivity index (χ4n) is 3.44. The number of pyridine rings is 1. The molecule has 24 heavy (non-hydrogen) atoms. The molecular weight excluding hydrogens is 310 g/mol. The van der Waals surface area contributed by atoms with Crippen LogP contribution in [0.5, 0.6) is 0 Å². The Labute approximate surface area is 140 Å². The van der Waals surface area contributed by atoms with Crippen molar-refractivity contribution in [3.8, 4) is 0 Å². The molecule has 1 amide bonds. The summed E-state index contributed by atoms with van der Waals surface area (Å²) >= 11 is 0. The summed E-state index contributed by atoms with van der Waals surface area (Å²) in [6.07, 6.45) is 4.31. The third-order valence-electron chi connectivity index (χ3n) is 4.86. The van der Waals surface area contributed by atoms with Crippen LogP contribution in [0.2, 0.25) is 0 Å². The first-order valence-electron chi connectivity index (χ1n) is 8.48. The van der Waals surface area contributed by atoms with Crippen LogP contribution in [-0.2, 0) is 4.79 Å². The largest absolute Gasteiger partial charge is 0.481 e. The highest BCUT2D eigenvalue weighted by Gasteiger charge is 2.37. The van der Waals surface area contributed by atoms with Gasteiger partial charge in [0, 0.05) is 31.2 Å². The van der Waals surface area contributed by atoms with Crippen LogP contribution in [-0.4, -0.2) is 52.0 Å². The lowest BCUT2D eigenvalue weighted by Gasteiger charge is -2.29. The Kier molecular flexibility index (Phi) is 4.99. The van der Waals surface area contributed by atoms with Crippen molar-refractivity contribution in [1.82, 2.24) is 15.2 Å². The molecule has 7 nitrogen and oxygen atoms in total. The van der Waals surface area contributed by atoms with Crippen molar-refractivity contribution >= 4 is 11.9 Å². The SMILES string of the molecule is O=C(O)C[C@H]1CC[C@@H](CNC(=O)c2cccc(=O)[nH]2)N1CC1CC1. The number of carboxylic acid groups (broad SMARTS) is 1. The zero-order valence-corrected chi connectivity index (χ0v) is 13.5. The summed E-state index contributed by atoms with van der Waals surface area (Å²) in [6, 6.07) is 4.70. The third kappa shape index (κ3) is 4.23. The van der Waals surface area contributed by atoms with Gasteiger partial charge in [0.15, 0.2) is 0 Å². The number of rotatable bonds is 7. The van der Waals surface area contributed by atoms with Crippen molar-refractivity contribution < 1.29 is 14.7 Å². The molecule has 0 aromatic carbocycles. The van der Waals surface area contributed by atoms with Crippen molar-refractivity contribution in [2.75, 3.05) is 13.1 Å². The monoisotopic (exact) mass is 333 g/mol. The second-order valence-electron chi connectivity index (χ2n) is 6.76. The Hall–Kier alpha value is -2.15. The molecule has 0 spiro atoms. The molecule has 1 saturated carbocycles. The first kappa shape index (κ1) is 16.7. The Morgan fingerprint density at radius 3 is 2.62 bits per heavy atom. The standard InChI is InChI=1S/C17H23N3O4/c21-15-3-1-2-14(19-15)17(24)18-9-13-7-6-12(8-16(22)23)20(13)10-11-4-5-11/h1-3,11-13H,4-10H2,(H,18,24)(H,19,21)(H,22,23)/t12-,13+/m1/s1. The number of hydrogen-bond acceptors (Lipinski definition) is 4. The summed E-state index contributed by atoms with van der Waals surface area (Å²) in [4.78, 5) is 39.3. The van der Waals surface area contributed by atoms with Gasteiger partial charge in [-0.1, -0.05) is 6.07 Å². The molecule has 0 radical (unpaired) electrons. The van der Waals surface area contributed by atoms with Crippen molar-refractivity contribution in [2.24, 2.45) is 5.92 Å². The number of nitrogens with zero attached hydrogens (tertiary/aromatic N) is 1. The topological polar surface area (TPSA) is 102 Å². The van der Waals surface area contributed by atoms with Gasteiger partial charge in [0.05, 0.1) is 6.42 Å². The van der Waals surface area contributed by atoms with Gasteiger partial charge in [0.25, 0.3) is 5.91 Å². The van der Waals surface area contributed by atoms with Crippen LogP contribution in [0.4, 0.5) is 0 Å². The van der Waals surface area contributed by atoms with E-state index in [0.29, 0.717) is 12.5 Å². The van der Waals surface area contributed by atoms with Gasteiger partial charge in [-0.3, -0.25) is 19.3 Å². The van der Waals surface area contributed by atoms with E-state index in [4.69, 9.17) is 5.11 Å². The van der Waals surface area contributed by atoms with Gasteiger partial charge < -0.3 is 15.4 Å². The van der Waals surface area contributed by atoms with Crippen LogP contribution in [0.15, 0.2) is 23.0 Å². The highest BCUT2D eigenvalue weighted by Crippen LogP contribution is 2.35. The normalized spacial score (nSPS) is 24.0. The maximum Gasteiger partial charge on any atom is 0.304 e. The lowest BCUT2D eigenvalue weighted by atomic mass is 10.1. The summed E-state index contributed by atoms with van der Waals surface area (Å²) < 4.78 is 0. The molecule has 2 heterocycles. The second-order valence-corrected chi connectivity index (χ2v) is 6.76. The lowest BCUT2D eigenvalue weighted by Crippen LogP contribution is -2.45. The van der Waals surface area contributed by atoms with Crippen LogP contribution in [0.1, 0.15) is 42.6 Å². The number of amides is 1. The summed E-state index contributed by atoms with van der Waals surface area (Å²) in [5, 5.41) is 12.0. The molecule has 0 unspecified atom stereocenters. The second kappa shape index (κ2) is 7.17. The van der Waals surface area contributed by atoms with Crippen LogP contribution < -0.4 is 10.9 Å². The van der Waals surface area contributed by atoms with Crippen molar-refractivity contribution in [2.45, 2.75) is 44.2 Å². The molecule has 2 atom stereocenters. The average Bonchev–Trinajstić information content (AvgIpc) is 3.28. The molecule has 130 valence electrons. The van der Waals surface area contributed by atoms with Gasteiger partial charge in [-0.15, -0.1) is 0 Å². The fourth-order valence-corrected chi connectivity index (χ4v) is 3.44.